The van der Waals surface area contributed by atoms with Gasteiger partial charge in [-0.25, -0.2) is 4.79 Å². The van der Waals surface area contributed by atoms with Crippen molar-refractivity contribution < 1.29 is 15.0 Å². The lowest BCUT2D eigenvalue weighted by Crippen LogP contribution is -2.16. The van der Waals surface area contributed by atoms with Crippen LogP contribution in [0.3, 0.4) is 0 Å². The summed E-state index contributed by atoms with van der Waals surface area (Å²) in [4.78, 5) is 16.6. The van der Waals surface area contributed by atoms with Crippen LogP contribution in [-0.2, 0) is 6.42 Å². The van der Waals surface area contributed by atoms with Crippen LogP contribution < -0.4 is 0 Å². The van der Waals surface area contributed by atoms with Gasteiger partial charge in [-0.3, -0.25) is 4.98 Å². The Morgan fingerprint density at radius 3 is 2.67 bits per heavy atom. The first-order valence-corrected chi connectivity index (χ1v) is 4.56. The summed E-state index contributed by atoms with van der Waals surface area (Å²) in [6.45, 7) is 0.714. The van der Waals surface area contributed by atoms with Crippen molar-refractivity contribution in [2.45, 2.75) is 6.42 Å². The number of hydrogen-bond donors (Lipinski definition) is 2. The van der Waals surface area contributed by atoms with E-state index in [0.717, 1.165) is 6.20 Å². The standard InChI is InChI=1S/C10H14N2O3/c1-12(2)4-3-7-5-11-6-8(13)9(7)10(14)15/h5-6,13H,3-4H2,1-2H3,(H,14,15). The molecule has 0 spiro atoms. The molecule has 0 radical (unpaired) electrons. The minimum atomic E-state index is -1.12. The van der Waals surface area contributed by atoms with Crippen molar-refractivity contribution >= 4 is 5.97 Å². The minimum absolute atomic E-state index is 0.0492. The third kappa shape index (κ3) is 2.92. The Morgan fingerprint density at radius 2 is 2.13 bits per heavy atom. The summed E-state index contributed by atoms with van der Waals surface area (Å²) in [5.74, 6) is -1.40. The highest BCUT2D eigenvalue weighted by Gasteiger charge is 2.15. The van der Waals surface area contributed by atoms with Gasteiger partial charge in [-0.15, -0.1) is 0 Å². The Hall–Kier alpha value is -1.62. The van der Waals surface area contributed by atoms with Crippen molar-refractivity contribution in [1.82, 2.24) is 9.88 Å². The van der Waals surface area contributed by atoms with Crippen LogP contribution in [-0.4, -0.2) is 46.7 Å². The van der Waals surface area contributed by atoms with Crippen molar-refractivity contribution in [1.29, 1.82) is 0 Å². The molecule has 1 heterocycles. The van der Waals surface area contributed by atoms with Gasteiger partial charge < -0.3 is 15.1 Å². The molecule has 82 valence electrons. The molecule has 1 rings (SSSR count). The van der Waals surface area contributed by atoms with Gasteiger partial charge in [0.2, 0.25) is 0 Å². The molecule has 0 fully saturated rings. The predicted molar refractivity (Wildman–Crippen MR) is 55.1 cm³/mol. The molecule has 0 aromatic carbocycles. The van der Waals surface area contributed by atoms with Crippen LogP contribution in [0.1, 0.15) is 15.9 Å². The summed E-state index contributed by atoms with van der Waals surface area (Å²) in [6.07, 6.45) is 3.17. The predicted octanol–water partition coefficient (Wildman–Crippen LogP) is 0.590. The smallest absolute Gasteiger partial charge is 0.339 e. The number of nitrogens with zero attached hydrogens (tertiary/aromatic N) is 2. The fourth-order valence-corrected chi connectivity index (χ4v) is 1.27. The molecule has 0 saturated heterocycles. The first kappa shape index (κ1) is 11.5. The first-order valence-electron chi connectivity index (χ1n) is 4.56. The summed E-state index contributed by atoms with van der Waals surface area (Å²) in [5, 5.41) is 18.3. The number of rotatable bonds is 4. The molecule has 0 aliphatic carbocycles. The molecule has 5 nitrogen and oxygen atoms in total. The molecule has 2 N–H and O–H groups in total. The summed E-state index contributed by atoms with van der Waals surface area (Å²) < 4.78 is 0. The van der Waals surface area contributed by atoms with E-state index in [2.05, 4.69) is 4.98 Å². The number of likely N-dealkylation sites (N-methyl/N-ethyl adjacent to an activating group) is 1. The van der Waals surface area contributed by atoms with Crippen molar-refractivity contribution in [3.8, 4) is 5.75 Å². The molecule has 1 aromatic heterocycles. The number of aromatic nitrogens is 1. The average molecular weight is 210 g/mol. The van der Waals surface area contributed by atoms with E-state index in [9.17, 15) is 9.90 Å². The highest BCUT2D eigenvalue weighted by Crippen LogP contribution is 2.19. The van der Waals surface area contributed by atoms with E-state index in [1.807, 2.05) is 19.0 Å². The molecule has 0 unspecified atom stereocenters. The van der Waals surface area contributed by atoms with Gasteiger partial charge in [0, 0.05) is 12.7 Å². The van der Waals surface area contributed by atoms with E-state index in [1.54, 1.807) is 0 Å². The molecule has 5 heteroatoms. The molecular formula is C10H14N2O3. The Bertz CT molecular complexity index is 364. The van der Waals surface area contributed by atoms with E-state index in [-0.39, 0.29) is 11.3 Å². The Balaban J connectivity index is 2.96. The Kier molecular flexibility index (Phi) is 3.62. The number of aromatic hydroxyl groups is 1. The third-order valence-electron chi connectivity index (χ3n) is 2.05. The fourth-order valence-electron chi connectivity index (χ4n) is 1.27. The highest BCUT2D eigenvalue weighted by molar-refractivity contribution is 5.92. The van der Waals surface area contributed by atoms with Gasteiger partial charge in [0.25, 0.3) is 0 Å². The van der Waals surface area contributed by atoms with Crippen LogP contribution in [0.15, 0.2) is 12.4 Å². The van der Waals surface area contributed by atoms with Gasteiger partial charge >= 0.3 is 5.97 Å². The summed E-state index contributed by atoms with van der Waals surface area (Å²) in [5.41, 5.74) is 0.503. The van der Waals surface area contributed by atoms with Crippen LogP contribution in [0.25, 0.3) is 0 Å². The SMILES string of the molecule is CN(C)CCc1cncc(O)c1C(=O)O. The number of pyridine rings is 1. The largest absolute Gasteiger partial charge is 0.505 e. The van der Waals surface area contributed by atoms with E-state index in [1.165, 1.54) is 6.20 Å². The Morgan fingerprint density at radius 1 is 1.47 bits per heavy atom. The van der Waals surface area contributed by atoms with Gasteiger partial charge in [-0.1, -0.05) is 0 Å². The number of carbonyl (C=O) groups is 1. The zero-order chi connectivity index (χ0) is 11.4. The second-order valence-corrected chi connectivity index (χ2v) is 3.55. The molecule has 15 heavy (non-hydrogen) atoms. The number of hydrogen-bond acceptors (Lipinski definition) is 4. The van der Waals surface area contributed by atoms with Crippen molar-refractivity contribution in [3.63, 3.8) is 0 Å². The summed E-state index contributed by atoms with van der Waals surface area (Å²) in [6, 6.07) is 0. The lowest BCUT2D eigenvalue weighted by atomic mass is 10.1. The molecule has 0 bridgehead atoms. The highest BCUT2D eigenvalue weighted by atomic mass is 16.4. The second kappa shape index (κ2) is 4.75. The normalized spacial score (nSPS) is 10.6. The quantitative estimate of drug-likeness (QED) is 0.760. The molecule has 0 aliphatic rings. The average Bonchev–Trinajstić information content (AvgIpc) is 2.13. The molecule has 0 aliphatic heterocycles. The van der Waals surface area contributed by atoms with Gasteiger partial charge in [0.05, 0.1) is 6.20 Å². The monoisotopic (exact) mass is 210 g/mol. The van der Waals surface area contributed by atoms with Gasteiger partial charge in [0.1, 0.15) is 11.3 Å². The van der Waals surface area contributed by atoms with Crippen molar-refractivity contribution in [3.05, 3.63) is 23.5 Å². The molecule has 0 saturated carbocycles. The first-order chi connectivity index (χ1) is 7.02. The van der Waals surface area contributed by atoms with Crippen LogP contribution in [0, 0.1) is 0 Å². The maximum Gasteiger partial charge on any atom is 0.339 e. The number of aromatic carboxylic acids is 1. The maximum atomic E-state index is 10.9. The lowest BCUT2D eigenvalue weighted by Gasteiger charge is -2.11. The van der Waals surface area contributed by atoms with Crippen LogP contribution in [0.4, 0.5) is 0 Å². The molecule has 0 amide bonds. The van der Waals surface area contributed by atoms with Crippen molar-refractivity contribution in [2.75, 3.05) is 20.6 Å². The van der Waals surface area contributed by atoms with Gasteiger partial charge in [-0.2, -0.15) is 0 Å². The summed E-state index contributed by atoms with van der Waals surface area (Å²) in [7, 11) is 3.80. The van der Waals surface area contributed by atoms with E-state index in [0.29, 0.717) is 18.5 Å². The molecule has 1 aromatic rings. The lowest BCUT2D eigenvalue weighted by molar-refractivity contribution is 0.0692. The zero-order valence-electron chi connectivity index (χ0n) is 8.77. The number of carboxylic acid groups (broad SMARTS) is 1. The van der Waals surface area contributed by atoms with Crippen molar-refractivity contribution in [2.24, 2.45) is 0 Å². The minimum Gasteiger partial charge on any atom is -0.505 e. The number of carboxylic acids is 1. The molecule has 0 atom stereocenters. The second-order valence-electron chi connectivity index (χ2n) is 3.55. The van der Waals surface area contributed by atoms with E-state index >= 15 is 0 Å². The summed E-state index contributed by atoms with van der Waals surface area (Å²) >= 11 is 0. The van der Waals surface area contributed by atoms with E-state index in [4.69, 9.17) is 5.11 Å². The van der Waals surface area contributed by atoms with E-state index < -0.39 is 5.97 Å². The zero-order valence-corrected chi connectivity index (χ0v) is 8.77. The van der Waals surface area contributed by atoms with Crippen LogP contribution >= 0.6 is 0 Å². The maximum absolute atomic E-state index is 10.9. The fraction of sp³-hybridized carbons (Fsp3) is 0.400. The van der Waals surface area contributed by atoms with Crippen LogP contribution in [0.2, 0.25) is 0 Å². The van der Waals surface area contributed by atoms with Crippen LogP contribution in [0.5, 0.6) is 5.75 Å². The van der Waals surface area contributed by atoms with Gasteiger partial charge in [-0.05, 0) is 26.1 Å². The molecular weight excluding hydrogens is 196 g/mol. The topological polar surface area (TPSA) is 73.7 Å². The van der Waals surface area contributed by atoms with Gasteiger partial charge in [0.15, 0.2) is 0 Å². The Labute approximate surface area is 88.0 Å². The third-order valence-corrected chi connectivity index (χ3v) is 2.05.